The van der Waals surface area contributed by atoms with E-state index in [4.69, 9.17) is 0 Å². The molecule has 0 unspecified atom stereocenters. The number of thiophene rings is 2. The summed E-state index contributed by atoms with van der Waals surface area (Å²) >= 11 is 3.47. The van der Waals surface area contributed by atoms with Crippen molar-refractivity contribution in [3.05, 3.63) is 57.6 Å². The monoisotopic (exact) mass is 356 g/mol. The molecule has 0 N–H and O–H groups in total. The lowest BCUT2D eigenvalue weighted by atomic mass is 10.2. The van der Waals surface area contributed by atoms with Crippen LogP contribution in [0.3, 0.4) is 0 Å². The molecule has 1 aliphatic rings. The van der Waals surface area contributed by atoms with Crippen molar-refractivity contribution < 1.29 is 4.79 Å². The van der Waals surface area contributed by atoms with Crippen LogP contribution in [0.15, 0.2) is 47.2 Å². The molecular weight excluding hydrogens is 336 g/mol. The summed E-state index contributed by atoms with van der Waals surface area (Å²) in [6, 6.07) is 12.8. The van der Waals surface area contributed by atoms with E-state index in [0.717, 1.165) is 44.7 Å². The lowest BCUT2D eigenvalue weighted by molar-refractivity contribution is 0.0761. The van der Waals surface area contributed by atoms with Gasteiger partial charge < -0.3 is 4.90 Å². The summed E-state index contributed by atoms with van der Waals surface area (Å²) in [6.07, 6.45) is 1.04. The van der Waals surface area contributed by atoms with Gasteiger partial charge in [0.2, 0.25) is 0 Å². The minimum atomic E-state index is 0.181. The third-order valence-electron chi connectivity index (χ3n) is 4.50. The third-order valence-corrected chi connectivity index (χ3v) is 6.28. The lowest BCUT2D eigenvalue weighted by Gasteiger charge is -2.21. The Morgan fingerprint density at radius 1 is 1.08 bits per heavy atom. The first-order valence-electron chi connectivity index (χ1n) is 8.31. The van der Waals surface area contributed by atoms with Crippen molar-refractivity contribution in [2.24, 2.45) is 0 Å². The van der Waals surface area contributed by atoms with Crippen molar-refractivity contribution in [2.75, 3.05) is 26.2 Å². The van der Waals surface area contributed by atoms with Gasteiger partial charge in [-0.2, -0.15) is 11.3 Å². The average Bonchev–Trinajstić information content (AvgIpc) is 3.20. The highest BCUT2D eigenvalue weighted by Crippen LogP contribution is 2.26. The molecule has 0 radical (unpaired) electrons. The number of carbonyl (C=O) groups is 1. The molecule has 1 fully saturated rings. The Labute approximate surface area is 150 Å². The largest absolute Gasteiger partial charge is 0.337 e. The maximum Gasteiger partial charge on any atom is 0.254 e. The minimum absolute atomic E-state index is 0.181. The van der Waals surface area contributed by atoms with Crippen molar-refractivity contribution in [3.63, 3.8) is 0 Å². The highest BCUT2D eigenvalue weighted by Gasteiger charge is 2.20. The Kier molecular flexibility index (Phi) is 4.65. The molecular formula is C19H20N2OS2. The highest BCUT2D eigenvalue weighted by atomic mass is 32.1. The van der Waals surface area contributed by atoms with E-state index in [1.54, 1.807) is 11.3 Å². The molecule has 124 valence electrons. The molecule has 4 rings (SSSR count). The molecule has 3 aromatic rings. The zero-order valence-corrected chi connectivity index (χ0v) is 15.1. The lowest BCUT2D eigenvalue weighted by Crippen LogP contribution is -2.34. The van der Waals surface area contributed by atoms with Crippen LogP contribution in [0.25, 0.3) is 10.1 Å². The van der Waals surface area contributed by atoms with Gasteiger partial charge in [0.1, 0.15) is 0 Å². The average molecular weight is 357 g/mol. The van der Waals surface area contributed by atoms with E-state index in [-0.39, 0.29) is 5.91 Å². The standard InChI is InChI=1S/C19H20N2OS2/c22-19(16-6-11-23-14-16)21-8-3-7-20(9-10-21)13-17-12-15-4-1-2-5-18(15)24-17/h1-2,4-6,11-12,14H,3,7-10,13H2. The van der Waals surface area contributed by atoms with Crippen molar-refractivity contribution in [3.8, 4) is 0 Å². The Balaban J connectivity index is 1.40. The van der Waals surface area contributed by atoms with Crippen molar-refractivity contribution in [1.82, 2.24) is 9.80 Å². The fourth-order valence-electron chi connectivity index (χ4n) is 3.24. The highest BCUT2D eigenvalue weighted by molar-refractivity contribution is 7.19. The van der Waals surface area contributed by atoms with E-state index < -0.39 is 0 Å². The van der Waals surface area contributed by atoms with E-state index in [0.29, 0.717) is 0 Å². The molecule has 1 saturated heterocycles. The molecule has 0 aliphatic carbocycles. The zero-order valence-electron chi connectivity index (χ0n) is 13.5. The van der Waals surface area contributed by atoms with Crippen LogP contribution in [0.2, 0.25) is 0 Å². The summed E-state index contributed by atoms with van der Waals surface area (Å²) in [5, 5.41) is 5.25. The van der Waals surface area contributed by atoms with Gasteiger partial charge in [0.15, 0.2) is 0 Å². The fraction of sp³-hybridized carbons (Fsp3) is 0.316. The second-order valence-corrected chi connectivity index (χ2v) is 8.13. The second kappa shape index (κ2) is 7.05. The summed E-state index contributed by atoms with van der Waals surface area (Å²) in [7, 11) is 0. The minimum Gasteiger partial charge on any atom is -0.337 e. The normalized spacial score (nSPS) is 16.4. The summed E-state index contributed by atoms with van der Waals surface area (Å²) < 4.78 is 1.36. The van der Waals surface area contributed by atoms with Crippen molar-refractivity contribution >= 4 is 38.7 Å². The number of hydrogen-bond acceptors (Lipinski definition) is 4. The summed E-state index contributed by atoms with van der Waals surface area (Å²) in [5.74, 6) is 0.181. The van der Waals surface area contributed by atoms with E-state index in [9.17, 15) is 4.79 Å². The Morgan fingerprint density at radius 3 is 2.83 bits per heavy atom. The first kappa shape index (κ1) is 15.8. The van der Waals surface area contributed by atoms with Crippen LogP contribution in [-0.4, -0.2) is 41.9 Å². The van der Waals surface area contributed by atoms with Gasteiger partial charge in [-0.25, -0.2) is 0 Å². The van der Waals surface area contributed by atoms with E-state index in [1.807, 2.05) is 33.1 Å². The van der Waals surface area contributed by atoms with E-state index >= 15 is 0 Å². The van der Waals surface area contributed by atoms with Gasteiger partial charge in [0, 0.05) is 47.7 Å². The van der Waals surface area contributed by atoms with E-state index in [1.165, 1.54) is 15.0 Å². The molecule has 0 bridgehead atoms. The van der Waals surface area contributed by atoms with Crippen LogP contribution < -0.4 is 0 Å². The Hall–Kier alpha value is -1.69. The number of nitrogens with zero attached hydrogens (tertiary/aromatic N) is 2. The van der Waals surface area contributed by atoms with Crippen LogP contribution in [0.4, 0.5) is 0 Å². The number of rotatable bonds is 3. The van der Waals surface area contributed by atoms with Crippen LogP contribution >= 0.6 is 22.7 Å². The maximum absolute atomic E-state index is 12.5. The summed E-state index contributed by atoms with van der Waals surface area (Å²) in [6.45, 7) is 4.67. The first-order chi connectivity index (χ1) is 11.8. The predicted octanol–water partition coefficient (Wildman–Crippen LogP) is 4.31. The molecule has 3 heterocycles. The topological polar surface area (TPSA) is 23.6 Å². The van der Waals surface area contributed by atoms with Crippen molar-refractivity contribution in [2.45, 2.75) is 13.0 Å². The predicted molar refractivity (Wildman–Crippen MR) is 102 cm³/mol. The van der Waals surface area contributed by atoms with Crippen LogP contribution in [0, 0.1) is 0 Å². The van der Waals surface area contributed by atoms with Crippen LogP contribution in [-0.2, 0) is 6.54 Å². The molecule has 3 nitrogen and oxygen atoms in total. The van der Waals surface area contributed by atoms with Gasteiger partial charge >= 0.3 is 0 Å². The van der Waals surface area contributed by atoms with E-state index in [2.05, 4.69) is 35.2 Å². The molecule has 0 saturated carbocycles. The molecule has 0 spiro atoms. The molecule has 2 aromatic heterocycles. The smallest absolute Gasteiger partial charge is 0.254 e. The maximum atomic E-state index is 12.5. The number of carbonyl (C=O) groups excluding carboxylic acids is 1. The van der Waals surface area contributed by atoms with Gasteiger partial charge in [-0.05, 0) is 35.4 Å². The summed E-state index contributed by atoms with van der Waals surface area (Å²) in [5.41, 5.74) is 0.831. The van der Waals surface area contributed by atoms with Gasteiger partial charge in [0.05, 0.1) is 5.56 Å². The molecule has 1 amide bonds. The summed E-state index contributed by atoms with van der Waals surface area (Å²) in [4.78, 5) is 18.4. The quantitative estimate of drug-likeness (QED) is 0.698. The van der Waals surface area contributed by atoms with Gasteiger partial charge in [-0.1, -0.05) is 18.2 Å². The fourth-order valence-corrected chi connectivity index (χ4v) is 4.97. The Morgan fingerprint density at radius 2 is 2.00 bits per heavy atom. The zero-order chi connectivity index (χ0) is 16.4. The number of fused-ring (bicyclic) bond motifs is 1. The molecule has 5 heteroatoms. The number of amides is 1. The van der Waals surface area contributed by atoms with Crippen molar-refractivity contribution in [1.29, 1.82) is 0 Å². The second-order valence-electron chi connectivity index (χ2n) is 6.18. The SMILES string of the molecule is O=C(c1ccsc1)N1CCCN(Cc2cc3ccccc3s2)CC1. The number of benzene rings is 1. The number of hydrogen-bond donors (Lipinski definition) is 0. The Bertz CT molecular complexity index is 792. The molecule has 24 heavy (non-hydrogen) atoms. The molecule has 1 aromatic carbocycles. The molecule has 0 atom stereocenters. The van der Waals surface area contributed by atoms with Crippen LogP contribution in [0.5, 0.6) is 0 Å². The van der Waals surface area contributed by atoms with Gasteiger partial charge in [0.25, 0.3) is 5.91 Å². The van der Waals surface area contributed by atoms with Gasteiger partial charge in [-0.3, -0.25) is 9.69 Å². The first-order valence-corrected chi connectivity index (χ1v) is 10.1. The van der Waals surface area contributed by atoms with Crippen LogP contribution in [0.1, 0.15) is 21.7 Å². The third kappa shape index (κ3) is 3.38. The molecule has 1 aliphatic heterocycles. The van der Waals surface area contributed by atoms with Gasteiger partial charge in [-0.15, -0.1) is 11.3 Å².